The molecule has 0 aromatic carbocycles. The fourth-order valence-corrected chi connectivity index (χ4v) is 4.68. The van der Waals surface area contributed by atoms with E-state index in [2.05, 4.69) is 30.2 Å². The Morgan fingerprint density at radius 1 is 0.647 bits per heavy atom. The van der Waals surface area contributed by atoms with E-state index in [1.54, 1.807) is 0 Å². The van der Waals surface area contributed by atoms with Gasteiger partial charge in [0, 0.05) is 5.92 Å². The molecular formula is C28H55NaO4S. The van der Waals surface area contributed by atoms with Crippen LogP contribution in [0.5, 0.6) is 0 Å². The Balaban J connectivity index is 0. The van der Waals surface area contributed by atoms with Crippen molar-refractivity contribution in [2.45, 2.75) is 155 Å². The van der Waals surface area contributed by atoms with Crippen LogP contribution in [0.25, 0.3) is 0 Å². The Kier molecular flexibility index (Phi) is 30.5. The Morgan fingerprint density at radius 2 is 1.03 bits per heavy atom. The summed E-state index contributed by atoms with van der Waals surface area (Å²) in [6, 6.07) is 0. The summed E-state index contributed by atoms with van der Waals surface area (Å²) < 4.78 is 36.8. The number of rotatable bonds is 26. The van der Waals surface area contributed by atoms with Gasteiger partial charge in [0.15, 0.2) is 0 Å². The Hall–Kier alpha value is 0.610. The maximum Gasteiger partial charge on any atom is 1.00 e. The summed E-state index contributed by atoms with van der Waals surface area (Å²) in [7, 11) is -4.60. The second-order valence-corrected chi connectivity index (χ2v) is 10.9. The van der Waals surface area contributed by atoms with Crippen molar-refractivity contribution in [3.63, 3.8) is 0 Å². The van der Waals surface area contributed by atoms with Crippen molar-refractivity contribution in [1.29, 1.82) is 0 Å². The third-order valence-electron chi connectivity index (χ3n) is 6.49. The van der Waals surface area contributed by atoms with Crippen molar-refractivity contribution >= 4 is 10.4 Å². The smallest absolute Gasteiger partial charge is 0.726 e. The summed E-state index contributed by atoms with van der Waals surface area (Å²) in [6.07, 6.45) is 32.6. The van der Waals surface area contributed by atoms with Gasteiger partial charge in [0.25, 0.3) is 0 Å². The normalized spacial score (nSPS) is 12.8. The molecule has 0 saturated carbocycles. The largest absolute Gasteiger partial charge is 1.00 e. The molecule has 0 fully saturated rings. The van der Waals surface area contributed by atoms with Crippen molar-refractivity contribution in [3.05, 3.63) is 12.2 Å². The first kappa shape index (κ1) is 36.8. The van der Waals surface area contributed by atoms with Crippen molar-refractivity contribution in [2.75, 3.05) is 6.61 Å². The van der Waals surface area contributed by atoms with Crippen LogP contribution in [0.2, 0.25) is 0 Å². The molecule has 0 radical (unpaired) electrons. The summed E-state index contributed by atoms with van der Waals surface area (Å²) >= 11 is 0. The van der Waals surface area contributed by atoms with Gasteiger partial charge in [-0.1, -0.05) is 148 Å². The maximum absolute atomic E-state index is 10.8. The predicted octanol–water partition coefficient (Wildman–Crippen LogP) is 6.26. The molecule has 0 aromatic rings. The molecule has 0 rings (SSSR count). The van der Waals surface area contributed by atoms with Crippen LogP contribution in [-0.4, -0.2) is 19.6 Å². The SMILES string of the molecule is CCCCCCCCCCCCCCCCCC/C=C/C(CCCCCC)COS(=O)(=O)[O-].[Na+]. The molecule has 0 aromatic heterocycles. The Morgan fingerprint density at radius 3 is 1.44 bits per heavy atom. The molecule has 198 valence electrons. The topological polar surface area (TPSA) is 66.4 Å². The van der Waals surface area contributed by atoms with Crippen LogP contribution in [0.4, 0.5) is 0 Å². The first-order valence-corrected chi connectivity index (χ1v) is 15.6. The molecular weight excluding hydrogens is 455 g/mol. The quantitative estimate of drug-likeness (QED) is 0.0453. The monoisotopic (exact) mass is 510 g/mol. The molecule has 34 heavy (non-hydrogen) atoms. The summed E-state index contributed by atoms with van der Waals surface area (Å²) in [4.78, 5) is 0. The van der Waals surface area contributed by atoms with Crippen LogP contribution in [0.15, 0.2) is 12.2 Å². The third kappa shape index (κ3) is 30.6. The third-order valence-corrected chi connectivity index (χ3v) is 6.91. The van der Waals surface area contributed by atoms with E-state index in [0.29, 0.717) is 0 Å². The average molecular weight is 511 g/mol. The van der Waals surface area contributed by atoms with Gasteiger partial charge in [0.05, 0.1) is 6.61 Å². The zero-order valence-corrected chi connectivity index (χ0v) is 25.9. The fourth-order valence-electron chi connectivity index (χ4n) is 4.34. The molecule has 1 atom stereocenters. The maximum atomic E-state index is 10.8. The van der Waals surface area contributed by atoms with Crippen LogP contribution in [0, 0.1) is 5.92 Å². The average Bonchev–Trinajstić information content (AvgIpc) is 2.78. The van der Waals surface area contributed by atoms with Gasteiger partial charge in [-0.3, -0.25) is 4.18 Å². The molecule has 0 aliphatic heterocycles. The number of unbranched alkanes of at least 4 members (excludes halogenated alkanes) is 19. The zero-order valence-electron chi connectivity index (χ0n) is 23.0. The molecule has 0 bridgehead atoms. The van der Waals surface area contributed by atoms with Gasteiger partial charge >= 0.3 is 29.6 Å². The number of allylic oxidation sites excluding steroid dienone is 1. The molecule has 0 aliphatic rings. The molecule has 4 nitrogen and oxygen atoms in total. The minimum absolute atomic E-state index is 0. The molecule has 0 N–H and O–H groups in total. The van der Waals surface area contributed by atoms with Gasteiger partial charge in [-0.05, 0) is 19.3 Å². The van der Waals surface area contributed by atoms with E-state index in [-0.39, 0.29) is 42.1 Å². The van der Waals surface area contributed by atoms with Gasteiger partial charge in [-0.15, -0.1) is 0 Å². The molecule has 0 aliphatic carbocycles. The van der Waals surface area contributed by atoms with Crippen LogP contribution >= 0.6 is 0 Å². The summed E-state index contributed by atoms with van der Waals surface area (Å²) in [5.41, 5.74) is 0. The van der Waals surface area contributed by atoms with E-state index in [4.69, 9.17) is 0 Å². The molecule has 0 spiro atoms. The van der Waals surface area contributed by atoms with E-state index in [1.807, 2.05) is 0 Å². The molecule has 0 amide bonds. The first-order valence-electron chi connectivity index (χ1n) is 14.3. The van der Waals surface area contributed by atoms with Crippen LogP contribution in [0.3, 0.4) is 0 Å². The van der Waals surface area contributed by atoms with E-state index < -0.39 is 10.4 Å². The van der Waals surface area contributed by atoms with E-state index in [0.717, 1.165) is 25.7 Å². The Bertz CT molecular complexity index is 522. The van der Waals surface area contributed by atoms with E-state index >= 15 is 0 Å². The first-order chi connectivity index (χ1) is 16.0. The van der Waals surface area contributed by atoms with Crippen LogP contribution in [0.1, 0.15) is 155 Å². The van der Waals surface area contributed by atoms with Gasteiger partial charge in [-0.25, -0.2) is 8.42 Å². The van der Waals surface area contributed by atoms with Crippen LogP contribution in [-0.2, 0) is 14.6 Å². The predicted molar refractivity (Wildman–Crippen MR) is 141 cm³/mol. The minimum Gasteiger partial charge on any atom is -0.726 e. The van der Waals surface area contributed by atoms with Gasteiger partial charge in [-0.2, -0.15) is 0 Å². The molecule has 6 heteroatoms. The summed E-state index contributed by atoms with van der Waals surface area (Å²) in [5.74, 6) is 0.0200. The van der Waals surface area contributed by atoms with Crippen LogP contribution < -0.4 is 29.6 Å². The second-order valence-electron chi connectivity index (χ2n) is 9.82. The molecule has 1 unspecified atom stereocenters. The summed E-state index contributed by atoms with van der Waals surface area (Å²) in [5, 5.41) is 0. The van der Waals surface area contributed by atoms with Gasteiger partial charge < -0.3 is 4.55 Å². The van der Waals surface area contributed by atoms with Crippen molar-refractivity contribution < 1.29 is 46.7 Å². The number of hydrogen-bond acceptors (Lipinski definition) is 4. The van der Waals surface area contributed by atoms with Gasteiger partial charge in [0.2, 0.25) is 10.4 Å². The number of hydrogen-bond donors (Lipinski definition) is 0. The van der Waals surface area contributed by atoms with Crippen molar-refractivity contribution in [3.8, 4) is 0 Å². The van der Waals surface area contributed by atoms with Gasteiger partial charge in [0.1, 0.15) is 0 Å². The summed E-state index contributed by atoms with van der Waals surface area (Å²) in [6.45, 7) is 4.43. The zero-order chi connectivity index (χ0) is 24.5. The van der Waals surface area contributed by atoms with Crippen molar-refractivity contribution in [1.82, 2.24) is 0 Å². The standard InChI is InChI=1S/C28H56O4S.Na/c1-3-5-7-9-10-11-12-13-14-15-16-17-18-19-20-21-22-24-26-28(25-23-8-6-4-2)27-32-33(29,30)31;/h24,26,28H,3-23,25,27H2,1-2H3,(H,29,30,31);/q;+1/p-1/b26-24+;. The van der Waals surface area contributed by atoms with E-state index in [9.17, 15) is 13.0 Å². The second kappa shape index (κ2) is 28.2. The fraction of sp³-hybridized carbons (Fsp3) is 0.929. The molecule has 0 saturated heterocycles. The molecule has 0 heterocycles. The minimum atomic E-state index is -4.60. The van der Waals surface area contributed by atoms with Crippen molar-refractivity contribution in [2.24, 2.45) is 5.92 Å². The Labute approximate surface area is 235 Å². The van der Waals surface area contributed by atoms with E-state index in [1.165, 1.54) is 116 Å².